The lowest BCUT2D eigenvalue weighted by molar-refractivity contribution is 0.566. The molecule has 0 radical (unpaired) electrons. The zero-order chi connectivity index (χ0) is 9.84. The largest absolute Gasteiger partial charge is 0.324 e. The average Bonchev–Trinajstić information content (AvgIpc) is 2.10. The summed E-state index contributed by atoms with van der Waals surface area (Å²) in [7, 11) is 0. The molecule has 1 aromatic heterocycles. The summed E-state index contributed by atoms with van der Waals surface area (Å²) in [5.41, 5.74) is 7.34. The van der Waals surface area contributed by atoms with Crippen LogP contribution in [-0.4, -0.2) is 4.98 Å². The number of halogens is 1. The third-order valence-corrected chi connectivity index (χ3v) is 2.06. The number of aromatic nitrogens is 1. The van der Waals surface area contributed by atoms with Gasteiger partial charge in [0.1, 0.15) is 0 Å². The van der Waals surface area contributed by atoms with Gasteiger partial charge in [0.25, 0.3) is 0 Å². The molecule has 0 fully saturated rings. The molecule has 2 nitrogen and oxygen atoms in total. The zero-order valence-corrected chi connectivity index (χ0v) is 8.05. The summed E-state index contributed by atoms with van der Waals surface area (Å²) in [6, 6.07) is 1.75. The van der Waals surface area contributed by atoms with E-state index in [9.17, 15) is 4.39 Å². The molecule has 0 spiro atoms. The van der Waals surface area contributed by atoms with E-state index < -0.39 is 5.95 Å². The molecule has 13 heavy (non-hydrogen) atoms. The smallest absolute Gasteiger partial charge is 0.215 e. The van der Waals surface area contributed by atoms with E-state index in [-0.39, 0.29) is 6.04 Å². The summed E-state index contributed by atoms with van der Waals surface area (Å²) < 4.78 is 12.8. The van der Waals surface area contributed by atoms with E-state index in [0.717, 1.165) is 18.4 Å². The maximum Gasteiger partial charge on any atom is 0.215 e. The van der Waals surface area contributed by atoms with Gasteiger partial charge < -0.3 is 5.73 Å². The van der Waals surface area contributed by atoms with Gasteiger partial charge in [0.2, 0.25) is 5.95 Å². The van der Waals surface area contributed by atoms with Crippen molar-refractivity contribution in [3.8, 4) is 0 Å². The van der Waals surface area contributed by atoms with Gasteiger partial charge in [-0.05, 0) is 25.0 Å². The van der Waals surface area contributed by atoms with Gasteiger partial charge in [-0.1, -0.05) is 13.3 Å². The summed E-state index contributed by atoms with van der Waals surface area (Å²) in [6.45, 7) is 3.77. The standard InChI is InChI=1S/C10H15FN2/c1-3-4-9(12)8-5-7(2)10(11)13-6-8/h5-6,9H,3-4,12H2,1-2H3/t9-/m1/s1. The molecular weight excluding hydrogens is 167 g/mol. The first-order chi connectivity index (χ1) is 6.15. The van der Waals surface area contributed by atoms with Gasteiger partial charge in [-0.3, -0.25) is 0 Å². The maximum atomic E-state index is 12.8. The molecule has 0 aliphatic rings. The van der Waals surface area contributed by atoms with Gasteiger partial charge in [0, 0.05) is 17.8 Å². The Bertz CT molecular complexity index is 286. The van der Waals surface area contributed by atoms with Crippen LogP contribution in [0.3, 0.4) is 0 Å². The van der Waals surface area contributed by atoms with Gasteiger partial charge in [0.05, 0.1) is 0 Å². The summed E-state index contributed by atoms with van der Waals surface area (Å²) in [4.78, 5) is 3.64. The summed E-state index contributed by atoms with van der Waals surface area (Å²) in [5, 5.41) is 0. The maximum absolute atomic E-state index is 12.8. The van der Waals surface area contributed by atoms with Crippen LogP contribution in [0.2, 0.25) is 0 Å². The molecule has 1 atom stereocenters. The predicted molar refractivity (Wildman–Crippen MR) is 50.8 cm³/mol. The normalized spacial score (nSPS) is 12.9. The quantitative estimate of drug-likeness (QED) is 0.728. The first-order valence-corrected chi connectivity index (χ1v) is 4.52. The van der Waals surface area contributed by atoms with Crippen molar-refractivity contribution in [2.24, 2.45) is 5.73 Å². The second-order valence-electron chi connectivity index (χ2n) is 3.27. The SMILES string of the molecule is CCC[C@@H](N)c1cnc(F)c(C)c1. The second kappa shape index (κ2) is 4.33. The lowest BCUT2D eigenvalue weighted by Gasteiger charge is -2.10. The highest BCUT2D eigenvalue weighted by Gasteiger charge is 2.07. The highest BCUT2D eigenvalue weighted by Crippen LogP contribution is 2.16. The predicted octanol–water partition coefficient (Wildman–Crippen LogP) is 2.33. The molecule has 72 valence electrons. The Labute approximate surface area is 78.0 Å². The van der Waals surface area contributed by atoms with Crippen LogP contribution in [0.1, 0.15) is 36.9 Å². The van der Waals surface area contributed by atoms with E-state index in [2.05, 4.69) is 11.9 Å². The average molecular weight is 182 g/mol. The fraction of sp³-hybridized carbons (Fsp3) is 0.500. The van der Waals surface area contributed by atoms with Crippen molar-refractivity contribution in [3.05, 3.63) is 29.3 Å². The van der Waals surface area contributed by atoms with Crippen LogP contribution in [0, 0.1) is 12.9 Å². The zero-order valence-electron chi connectivity index (χ0n) is 8.05. The lowest BCUT2D eigenvalue weighted by Crippen LogP contribution is -2.10. The fourth-order valence-corrected chi connectivity index (χ4v) is 1.26. The van der Waals surface area contributed by atoms with Crippen LogP contribution >= 0.6 is 0 Å². The Morgan fingerprint density at radius 1 is 1.62 bits per heavy atom. The number of hydrogen-bond donors (Lipinski definition) is 1. The number of rotatable bonds is 3. The highest BCUT2D eigenvalue weighted by atomic mass is 19.1. The number of nitrogens with two attached hydrogens (primary N) is 1. The molecule has 0 aliphatic heterocycles. The molecule has 1 heterocycles. The molecule has 0 aliphatic carbocycles. The van der Waals surface area contributed by atoms with E-state index in [1.165, 1.54) is 6.20 Å². The van der Waals surface area contributed by atoms with Crippen LogP contribution in [0.15, 0.2) is 12.3 Å². The topological polar surface area (TPSA) is 38.9 Å². The summed E-state index contributed by atoms with van der Waals surface area (Å²) in [6.07, 6.45) is 3.45. The Morgan fingerprint density at radius 2 is 2.31 bits per heavy atom. The fourth-order valence-electron chi connectivity index (χ4n) is 1.26. The molecule has 3 heteroatoms. The minimum absolute atomic E-state index is 0.0169. The van der Waals surface area contributed by atoms with E-state index in [0.29, 0.717) is 5.56 Å². The molecule has 2 N–H and O–H groups in total. The van der Waals surface area contributed by atoms with Crippen molar-refractivity contribution in [2.45, 2.75) is 32.7 Å². The van der Waals surface area contributed by atoms with Crippen LogP contribution in [0.25, 0.3) is 0 Å². The van der Waals surface area contributed by atoms with Crippen molar-refractivity contribution >= 4 is 0 Å². The van der Waals surface area contributed by atoms with Crippen LogP contribution in [-0.2, 0) is 0 Å². The second-order valence-corrected chi connectivity index (χ2v) is 3.27. The molecule has 1 aromatic rings. The molecule has 0 unspecified atom stereocenters. The monoisotopic (exact) mass is 182 g/mol. The lowest BCUT2D eigenvalue weighted by atomic mass is 10.0. The van der Waals surface area contributed by atoms with Crippen molar-refractivity contribution in [2.75, 3.05) is 0 Å². The Hall–Kier alpha value is -0.960. The molecule has 0 amide bonds. The van der Waals surface area contributed by atoms with Gasteiger partial charge in [-0.15, -0.1) is 0 Å². The van der Waals surface area contributed by atoms with Gasteiger partial charge in [0.15, 0.2) is 0 Å². The van der Waals surface area contributed by atoms with Crippen LogP contribution < -0.4 is 5.73 Å². The minimum Gasteiger partial charge on any atom is -0.324 e. The van der Waals surface area contributed by atoms with Crippen molar-refractivity contribution in [3.63, 3.8) is 0 Å². The van der Waals surface area contributed by atoms with Crippen molar-refractivity contribution in [1.29, 1.82) is 0 Å². The number of aryl methyl sites for hydroxylation is 1. The summed E-state index contributed by atoms with van der Waals surface area (Å²) in [5.74, 6) is -0.410. The number of nitrogens with zero attached hydrogens (tertiary/aromatic N) is 1. The minimum atomic E-state index is -0.410. The Kier molecular flexibility index (Phi) is 3.37. The van der Waals surface area contributed by atoms with Gasteiger partial charge in [-0.2, -0.15) is 4.39 Å². The van der Waals surface area contributed by atoms with Crippen LogP contribution in [0.5, 0.6) is 0 Å². The summed E-state index contributed by atoms with van der Waals surface area (Å²) >= 11 is 0. The van der Waals surface area contributed by atoms with E-state index in [1.54, 1.807) is 13.0 Å². The van der Waals surface area contributed by atoms with Crippen molar-refractivity contribution < 1.29 is 4.39 Å². The number of pyridine rings is 1. The first kappa shape index (κ1) is 10.1. The third-order valence-electron chi connectivity index (χ3n) is 2.06. The third kappa shape index (κ3) is 2.49. The van der Waals surface area contributed by atoms with E-state index >= 15 is 0 Å². The van der Waals surface area contributed by atoms with E-state index in [1.807, 2.05) is 0 Å². The number of hydrogen-bond acceptors (Lipinski definition) is 2. The van der Waals surface area contributed by atoms with Gasteiger partial charge >= 0.3 is 0 Å². The Morgan fingerprint density at radius 3 is 2.85 bits per heavy atom. The molecule has 0 saturated heterocycles. The molecule has 0 bridgehead atoms. The molecule has 1 rings (SSSR count). The van der Waals surface area contributed by atoms with Gasteiger partial charge in [-0.25, -0.2) is 4.98 Å². The van der Waals surface area contributed by atoms with E-state index in [4.69, 9.17) is 5.73 Å². The van der Waals surface area contributed by atoms with Crippen molar-refractivity contribution in [1.82, 2.24) is 4.98 Å². The molecule has 0 aromatic carbocycles. The first-order valence-electron chi connectivity index (χ1n) is 4.52. The highest BCUT2D eigenvalue weighted by molar-refractivity contribution is 5.20. The molecular formula is C10H15FN2. The Balaban J connectivity index is 2.84. The molecule has 0 saturated carbocycles. The van der Waals surface area contributed by atoms with Crippen LogP contribution in [0.4, 0.5) is 4.39 Å².